The molecule has 0 fully saturated rings. The number of nitrogens with two attached hydrogens (primary N) is 1. The quantitative estimate of drug-likeness (QED) is 0.560. The van der Waals surface area contributed by atoms with Crippen LogP contribution in [-0.4, -0.2) is 23.3 Å². The second kappa shape index (κ2) is 4.27. The summed E-state index contributed by atoms with van der Waals surface area (Å²) < 4.78 is 4.89. The van der Waals surface area contributed by atoms with Crippen LogP contribution in [-0.2, 0) is 11.3 Å². The van der Waals surface area contributed by atoms with Gasteiger partial charge in [0.05, 0.1) is 0 Å². The number of anilines is 1. The summed E-state index contributed by atoms with van der Waals surface area (Å²) in [6.07, 6.45) is 1.94. The Bertz CT molecular complexity index is 267. The summed E-state index contributed by atoms with van der Waals surface area (Å²) in [6.45, 7) is 0.401. The van der Waals surface area contributed by atoms with E-state index in [1.807, 2.05) is 6.26 Å². The molecule has 0 amide bonds. The van der Waals surface area contributed by atoms with Gasteiger partial charge in [-0.05, 0) is 6.26 Å². The van der Waals surface area contributed by atoms with Gasteiger partial charge in [0.1, 0.15) is 17.5 Å². The van der Waals surface area contributed by atoms with Gasteiger partial charge >= 0.3 is 0 Å². The maximum absolute atomic E-state index is 5.55. The van der Waals surface area contributed by atoms with E-state index in [4.69, 9.17) is 10.5 Å². The predicted molar refractivity (Wildman–Crippen MR) is 48.9 cm³/mol. The van der Waals surface area contributed by atoms with Crippen molar-refractivity contribution >= 4 is 17.6 Å². The summed E-state index contributed by atoms with van der Waals surface area (Å²) in [4.78, 5) is 8.19. The topological polar surface area (TPSA) is 61.0 Å². The monoisotopic (exact) mass is 185 g/mol. The van der Waals surface area contributed by atoms with Crippen LogP contribution in [0.4, 0.5) is 5.82 Å². The molecule has 0 saturated carbocycles. The smallest absolute Gasteiger partial charge is 0.157 e. The van der Waals surface area contributed by atoms with E-state index in [0.717, 1.165) is 5.03 Å². The van der Waals surface area contributed by atoms with Crippen molar-refractivity contribution in [3.8, 4) is 0 Å². The molecular weight excluding hydrogens is 174 g/mol. The van der Waals surface area contributed by atoms with Crippen LogP contribution in [0.1, 0.15) is 5.82 Å². The Balaban J connectivity index is 2.90. The van der Waals surface area contributed by atoms with Gasteiger partial charge in [0.15, 0.2) is 5.82 Å². The first kappa shape index (κ1) is 9.28. The average molecular weight is 185 g/mol. The van der Waals surface area contributed by atoms with Crippen molar-refractivity contribution in [2.24, 2.45) is 0 Å². The van der Waals surface area contributed by atoms with Gasteiger partial charge in [0.2, 0.25) is 0 Å². The van der Waals surface area contributed by atoms with E-state index in [-0.39, 0.29) is 0 Å². The Hall–Kier alpha value is -0.810. The van der Waals surface area contributed by atoms with Crippen LogP contribution in [0.2, 0.25) is 0 Å². The van der Waals surface area contributed by atoms with Crippen LogP contribution < -0.4 is 5.73 Å². The molecule has 0 saturated heterocycles. The highest BCUT2D eigenvalue weighted by molar-refractivity contribution is 7.98. The van der Waals surface area contributed by atoms with Crippen molar-refractivity contribution in [1.29, 1.82) is 0 Å². The molecule has 4 nitrogen and oxygen atoms in total. The molecule has 0 radical (unpaired) electrons. The third kappa shape index (κ3) is 2.35. The summed E-state index contributed by atoms with van der Waals surface area (Å²) >= 11 is 1.54. The van der Waals surface area contributed by atoms with E-state index in [0.29, 0.717) is 18.2 Å². The predicted octanol–water partition coefficient (Wildman–Crippen LogP) is 0.927. The first-order valence-corrected chi connectivity index (χ1v) is 4.65. The molecule has 0 aromatic carbocycles. The summed E-state index contributed by atoms with van der Waals surface area (Å²) in [5.74, 6) is 1.11. The molecule has 0 aliphatic heterocycles. The lowest BCUT2D eigenvalue weighted by atomic mass is 10.5. The Morgan fingerprint density at radius 3 is 2.92 bits per heavy atom. The van der Waals surface area contributed by atoms with Crippen LogP contribution in [0.5, 0.6) is 0 Å². The first-order chi connectivity index (χ1) is 5.76. The zero-order valence-electron chi connectivity index (χ0n) is 7.07. The van der Waals surface area contributed by atoms with Crippen molar-refractivity contribution < 1.29 is 4.74 Å². The normalized spacial score (nSPS) is 10.2. The third-order valence-corrected chi connectivity index (χ3v) is 1.88. The van der Waals surface area contributed by atoms with Crippen molar-refractivity contribution in [1.82, 2.24) is 9.97 Å². The Morgan fingerprint density at radius 1 is 1.58 bits per heavy atom. The lowest BCUT2D eigenvalue weighted by Gasteiger charge is -2.01. The van der Waals surface area contributed by atoms with Gasteiger partial charge in [-0.15, -0.1) is 11.8 Å². The SMILES string of the molecule is COCc1nc(N)cc(SC)n1. The highest BCUT2D eigenvalue weighted by Gasteiger charge is 2.00. The molecule has 1 heterocycles. The van der Waals surface area contributed by atoms with Crippen LogP contribution in [0, 0.1) is 0 Å². The number of aromatic nitrogens is 2. The van der Waals surface area contributed by atoms with Gasteiger partial charge in [-0.25, -0.2) is 9.97 Å². The molecule has 0 bridgehead atoms. The van der Waals surface area contributed by atoms with Gasteiger partial charge < -0.3 is 10.5 Å². The number of hydrogen-bond acceptors (Lipinski definition) is 5. The fourth-order valence-corrected chi connectivity index (χ4v) is 1.23. The molecule has 1 aromatic heterocycles. The van der Waals surface area contributed by atoms with Crippen LogP contribution in [0.15, 0.2) is 11.1 Å². The first-order valence-electron chi connectivity index (χ1n) is 3.42. The second-order valence-electron chi connectivity index (χ2n) is 2.18. The third-order valence-electron chi connectivity index (χ3n) is 1.25. The minimum atomic E-state index is 0.401. The zero-order chi connectivity index (χ0) is 8.97. The summed E-state index contributed by atoms with van der Waals surface area (Å²) in [6, 6.07) is 1.74. The number of methoxy groups -OCH3 is 1. The van der Waals surface area contributed by atoms with Gasteiger partial charge in [-0.2, -0.15) is 0 Å². The molecule has 1 rings (SSSR count). The zero-order valence-corrected chi connectivity index (χ0v) is 7.89. The van der Waals surface area contributed by atoms with Gasteiger partial charge in [-0.1, -0.05) is 0 Å². The highest BCUT2D eigenvalue weighted by Crippen LogP contribution is 2.13. The molecule has 5 heteroatoms. The van der Waals surface area contributed by atoms with E-state index in [9.17, 15) is 0 Å². The van der Waals surface area contributed by atoms with Crippen LogP contribution >= 0.6 is 11.8 Å². The minimum absolute atomic E-state index is 0.401. The van der Waals surface area contributed by atoms with Crippen molar-refractivity contribution in [2.45, 2.75) is 11.6 Å². The molecule has 0 spiro atoms. The van der Waals surface area contributed by atoms with Crippen molar-refractivity contribution in [3.05, 3.63) is 11.9 Å². The summed E-state index contributed by atoms with van der Waals surface area (Å²) in [5.41, 5.74) is 5.55. The van der Waals surface area contributed by atoms with E-state index in [1.54, 1.807) is 13.2 Å². The molecule has 0 aliphatic carbocycles. The molecule has 0 unspecified atom stereocenters. The number of thioether (sulfide) groups is 1. The Labute approximate surface area is 75.5 Å². The van der Waals surface area contributed by atoms with Crippen LogP contribution in [0.25, 0.3) is 0 Å². The molecule has 1 aromatic rings. The molecule has 0 atom stereocenters. The van der Waals surface area contributed by atoms with Gasteiger partial charge in [0.25, 0.3) is 0 Å². The summed E-state index contributed by atoms with van der Waals surface area (Å²) in [7, 11) is 1.60. The van der Waals surface area contributed by atoms with E-state index < -0.39 is 0 Å². The fourth-order valence-electron chi connectivity index (χ4n) is 0.790. The number of nitrogens with zero attached hydrogens (tertiary/aromatic N) is 2. The molecular formula is C7H11N3OS. The highest BCUT2D eigenvalue weighted by atomic mass is 32.2. The molecule has 2 N–H and O–H groups in total. The maximum atomic E-state index is 5.55. The number of ether oxygens (including phenoxy) is 1. The molecule has 0 aliphatic rings. The van der Waals surface area contributed by atoms with Crippen LogP contribution in [0.3, 0.4) is 0 Å². The van der Waals surface area contributed by atoms with Gasteiger partial charge in [0, 0.05) is 13.2 Å². The minimum Gasteiger partial charge on any atom is -0.384 e. The number of hydrogen-bond donors (Lipinski definition) is 1. The Morgan fingerprint density at radius 2 is 2.33 bits per heavy atom. The molecule has 12 heavy (non-hydrogen) atoms. The largest absolute Gasteiger partial charge is 0.384 e. The average Bonchev–Trinajstić information content (AvgIpc) is 2.04. The summed E-state index contributed by atoms with van der Waals surface area (Å²) in [5, 5.41) is 0.870. The number of rotatable bonds is 3. The lowest BCUT2D eigenvalue weighted by molar-refractivity contribution is 0.177. The van der Waals surface area contributed by atoms with Crippen molar-refractivity contribution in [3.63, 3.8) is 0 Å². The van der Waals surface area contributed by atoms with Crippen molar-refractivity contribution in [2.75, 3.05) is 19.1 Å². The van der Waals surface area contributed by atoms with E-state index >= 15 is 0 Å². The molecule has 66 valence electrons. The number of nitrogen functional groups attached to an aromatic ring is 1. The van der Waals surface area contributed by atoms with Gasteiger partial charge in [-0.3, -0.25) is 0 Å². The maximum Gasteiger partial charge on any atom is 0.157 e. The van der Waals surface area contributed by atoms with E-state index in [1.165, 1.54) is 11.8 Å². The standard InChI is InChI=1S/C7H11N3OS/c1-11-4-6-9-5(8)3-7(10-6)12-2/h3H,4H2,1-2H3,(H2,8,9,10). The fraction of sp³-hybridized carbons (Fsp3) is 0.429. The lowest BCUT2D eigenvalue weighted by Crippen LogP contribution is -2.01. The van der Waals surface area contributed by atoms with E-state index in [2.05, 4.69) is 9.97 Å². The Kier molecular flexibility index (Phi) is 3.31. The second-order valence-corrected chi connectivity index (χ2v) is 3.01.